The molecule has 0 bridgehead atoms. The average Bonchev–Trinajstić information content (AvgIpc) is 3.38. The van der Waals surface area contributed by atoms with Crippen LogP contribution in [0.2, 0.25) is 0 Å². The zero-order chi connectivity index (χ0) is 43.7. The monoisotopic (exact) mass is 848 g/mol. The summed E-state index contributed by atoms with van der Waals surface area (Å²) in [5, 5.41) is 0. The van der Waals surface area contributed by atoms with E-state index in [9.17, 15) is 0 Å². The van der Waals surface area contributed by atoms with Crippen molar-refractivity contribution in [3.05, 3.63) is 264 Å². The quantitative estimate of drug-likeness (QED) is 0.158. The van der Waals surface area contributed by atoms with Gasteiger partial charge in [-0.05, 0) is 130 Å². The van der Waals surface area contributed by atoms with Crippen LogP contribution in [0.3, 0.4) is 0 Å². The van der Waals surface area contributed by atoms with Gasteiger partial charge in [-0.1, -0.05) is 158 Å². The second-order valence-electron chi connectivity index (χ2n) is 18.2. The third-order valence-electron chi connectivity index (χ3n) is 14.4. The van der Waals surface area contributed by atoms with Crippen molar-refractivity contribution in [1.82, 2.24) is 4.90 Å². The number of allylic oxidation sites excluding steroid dienone is 13. The number of hydrogen-bond donors (Lipinski definition) is 0. The lowest BCUT2D eigenvalue weighted by molar-refractivity contribution is 0.313. The molecule has 2 atom stereocenters. The fourth-order valence-corrected chi connectivity index (χ4v) is 11.4. The average molecular weight is 849 g/mol. The predicted octanol–water partition coefficient (Wildman–Crippen LogP) is 15.4. The van der Waals surface area contributed by atoms with Gasteiger partial charge in [0.15, 0.2) is 0 Å². The van der Waals surface area contributed by atoms with Crippen LogP contribution in [-0.4, -0.2) is 18.5 Å². The van der Waals surface area contributed by atoms with Gasteiger partial charge in [-0.15, -0.1) is 0 Å². The Morgan fingerprint density at radius 2 is 1.12 bits per heavy atom. The van der Waals surface area contributed by atoms with Crippen molar-refractivity contribution in [2.75, 3.05) is 28.3 Å². The molecular weight excluding hydrogens is 801 g/mol. The van der Waals surface area contributed by atoms with Crippen LogP contribution in [0.1, 0.15) is 11.1 Å². The Bertz CT molecular complexity index is 3290. The largest absolute Gasteiger partial charge is 0.310 e. The maximum Gasteiger partial charge on any atom is 0.0783 e. The van der Waals surface area contributed by atoms with Gasteiger partial charge in [-0.25, -0.2) is 0 Å². The smallest absolute Gasteiger partial charge is 0.0783 e. The number of nitrogens with zero attached hydrogens (tertiary/aromatic N) is 4. The molecule has 13 rings (SSSR count). The number of benzene rings is 7. The highest BCUT2D eigenvalue weighted by Crippen LogP contribution is 2.60. The van der Waals surface area contributed by atoms with E-state index in [0.29, 0.717) is 0 Å². The van der Waals surface area contributed by atoms with Crippen molar-refractivity contribution in [3.8, 4) is 22.3 Å². The van der Waals surface area contributed by atoms with Crippen molar-refractivity contribution in [1.29, 1.82) is 0 Å². The molecule has 0 radical (unpaired) electrons. The summed E-state index contributed by atoms with van der Waals surface area (Å²) in [4.78, 5) is 10.0. The van der Waals surface area contributed by atoms with Crippen molar-refractivity contribution >= 4 is 45.5 Å². The van der Waals surface area contributed by atoms with Gasteiger partial charge in [-0.2, -0.15) is 0 Å². The van der Waals surface area contributed by atoms with Crippen LogP contribution in [-0.2, 0) is 13.0 Å². The molecule has 0 saturated heterocycles. The van der Waals surface area contributed by atoms with Crippen molar-refractivity contribution in [2.45, 2.75) is 13.0 Å². The lowest BCUT2D eigenvalue weighted by Crippen LogP contribution is -2.32. The number of anilines is 8. The predicted molar refractivity (Wildman–Crippen MR) is 275 cm³/mol. The summed E-state index contributed by atoms with van der Waals surface area (Å²) in [6.07, 6.45) is 22.0. The highest BCUT2D eigenvalue weighted by Gasteiger charge is 2.41. The molecule has 66 heavy (non-hydrogen) atoms. The van der Waals surface area contributed by atoms with Gasteiger partial charge in [0.2, 0.25) is 0 Å². The van der Waals surface area contributed by atoms with Crippen LogP contribution in [0.25, 0.3) is 22.3 Å². The van der Waals surface area contributed by atoms with E-state index in [1.54, 1.807) is 0 Å². The molecule has 0 spiro atoms. The third kappa shape index (κ3) is 6.24. The van der Waals surface area contributed by atoms with E-state index < -0.39 is 0 Å². The van der Waals surface area contributed by atoms with Crippen LogP contribution in [0.5, 0.6) is 0 Å². The van der Waals surface area contributed by atoms with Crippen LogP contribution < -0.4 is 14.7 Å². The molecule has 4 heteroatoms. The van der Waals surface area contributed by atoms with Gasteiger partial charge in [0.1, 0.15) is 0 Å². The first-order chi connectivity index (χ1) is 32.7. The van der Waals surface area contributed by atoms with E-state index in [0.717, 1.165) is 59.3 Å². The van der Waals surface area contributed by atoms with E-state index in [1.807, 2.05) is 0 Å². The minimum absolute atomic E-state index is 0.216. The molecule has 7 aromatic carbocycles. The van der Waals surface area contributed by atoms with Gasteiger partial charge in [0.05, 0.1) is 22.7 Å². The summed E-state index contributed by atoms with van der Waals surface area (Å²) in [6.45, 7) is 1.95. The van der Waals surface area contributed by atoms with Crippen molar-refractivity contribution in [2.24, 2.45) is 11.8 Å². The Morgan fingerprint density at radius 3 is 1.88 bits per heavy atom. The highest BCUT2D eigenvalue weighted by atomic mass is 15.3. The molecule has 2 unspecified atom stereocenters. The Morgan fingerprint density at radius 1 is 0.485 bits per heavy atom. The van der Waals surface area contributed by atoms with Crippen LogP contribution in [0, 0.1) is 11.8 Å². The number of para-hydroxylation sites is 4. The summed E-state index contributed by atoms with van der Waals surface area (Å²) >= 11 is 0. The molecule has 0 fully saturated rings. The summed E-state index contributed by atoms with van der Waals surface area (Å²) in [7, 11) is 2.24. The maximum absolute atomic E-state index is 2.55. The number of hydrogen-bond acceptors (Lipinski definition) is 4. The standard InChI is InChI=1S/C62H48N4/c1-63-38-37-52-47(41-63)19-14-24-53(52)55-39-51(40-59-62(55)66(49-22-9-4-10-23-49)58-26-12-11-25-57(58)65(59)48-20-7-3-8-21-48)64(50-33-29-43(30-34-50)42-15-5-2-6-16-42)56-36-32-46-28-27-44-17-13-18-45-31-35-54(56)61(46)60(44)45/h2-36,39-40,60-61H,37-38,41H2,1H3. The second kappa shape index (κ2) is 15.7. The highest BCUT2D eigenvalue weighted by molar-refractivity contribution is 6.08. The zero-order valence-electron chi connectivity index (χ0n) is 36.9. The number of fused-ring (bicyclic) bond motifs is 3. The maximum atomic E-state index is 2.55. The van der Waals surface area contributed by atoms with Crippen molar-refractivity contribution in [3.63, 3.8) is 0 Å². The third-order valence-corrected chi connectivity index (χ3v) is 14.4. The van der Waals surface area contributed by atoms with E-state index in [4.69, 9.17) is 0 Å². The normalized spacial score (nSPS) is 18.7. The minimum Gasteiger partial charge on any atom is -0.310 e. The van der Waals surface area contributed by atoms with Crippen LogP contribution in [0.15, 0.2) is 253 Å². The minimum atomic E-state index is 0.216. The molecular formula is C62H48N4. The molecule has 6 aliphatic rings. The summed E-state index contributed by atoms with van der Waals surface area (Å²) in [5.74, 6) is 0.503. The molecule has 2 heterocycles. The SMILES string of the molecule is CN1CCc2c(cccc2-c2cc(N(C3=C4C=CC5=CC=CC6=CC=C(C=C3)C4C56)c3ccc(-c4ccccc4)cc3)cc3c2N(c2ccccc2)c2ccccc2N3c2ccccc2)C1. The first kappa shape index (κ1) is 38.5. The van der Waals surface area contributed by atoms with Gasteiger partial charge in [0.25, 0.3) is 0 Å². The van der Waals surface area contributed by atoms with Crippen LogP contribution >= 0.6 is 0 Å². The van der Waals surface area contributed by atoms with Crippen LogP contribution in [0.4, 0.5) is 45.5 Å². The van der Waals surface area contributed by atoms with Gasteiger partial charge in [0, 0.05) is 58.9 Å². The molecule has 0 saturated carbocycles. The first-order valence-corrected chi connectivity index (χ1v) is 23.3. The Balaban J connectivity index is 1.13. The molecule has 4 aliphatic carbocycles. The molecule has 7 aromatic rings. The Labute approximate surface area is 387 Å². The summed E-state index contributed by atoms with van der Waals surface area (Å²) in [5.41, 5.74) is 23.4. The Hall–Kier alpha value is -7.92. The number of rotatable bonds is 7. The summed E-state index contributed by atoms with van der Waals surface area (Å²) < 4.78 is 0. The lowest BCUT2D eigenvalue weighted by Gasteiger charge is -2.44. The lowest BCUT2D eigenvalue weighted by atomic mass is 9.64. The molecule has 316 valence electrons. The summed E-state index contributed by atoms with van der Waals surface area (Å²) in [6, 6.07) is 62.7. The van der Waals surface area contributed by atoms with E-state index in [-0.39, 0.29) is 11.8 Å². The molecule has 2 aliphatic heterocycles. The fourth-order valence-electron chi connectivity index (χ4n) is 11.4. The molecule has 0 amide bonds. The zero-order valence-corrected chi connectivity index (χ0v) is 36.9. The van der Waals surface area contributed by atoms with E-state index in [1.165, 1.54) is 67.1 Å². The topological polar surface area (TPSA) is 13.0 Å². The van der Waals surface area contributed by atoms with E-state index in [2.05, 4.69) is 251 Å². The fraction of sp³-hybridized carbons (Fsp3) is 0.0968. The van der Waals surface area contributed by atoms with Gasteiger partial charge < -0.3 is 19.6 Å². The number of likely N-dealkylation sites (N-methyl/N-ethyl adjacent to an activating group) is 1. The molecule has 0 N–H and O–H groups in total. The van der Waals surface area contributed by atoms with E-state index >= 15 is 0 Å². The van der Waals surface area contributed by atoms with Crippen molar-refractivity contribution < 1.29 is 0 Å². The van der Waals surface area contributed by atoms with Gasteiger partial charge >= 0.3 is 0 Å². The first-order valence-electron chi connectivity index (χ1n) is 23.3. The molecule has 4 nitrogen and oxygen atoms in total. The second-order valence-corrected chi connectivity index (χ2v) is 18.2. The molecule has 0 aromatic heterocycles. The van der Waals surface area contributed by atoms with Gasteiger partial charge in [-0.3, -0.25) is 0 Å². The Kier molecular flexibility index (Phi) is 9.14.